The maximum Gasteiger partial charge on any atom is 0.120 e. The van der Waals surface area contributed by atoms with Crippen molar-refractivity contribution in [1.82, 2.24) is 5.32 Å². The Morgan fingerprint density at radius 2 is 2.19 bits per heavy atom. The van der Waals surface area contributed by atoms with Crippen molar-refractivity contribution in [2.75, 3.05) is 0 Å². The number of nitrogens with one attached hydrogen (secondary N) is 1. The first kappa shape index (κ1) is 11.5. The second-order valence-corrected chi connectivity index (χ2v) is 4.84. The van der Waals surface area contributed by atoms with Crippen LogP contribution in [0, 0.1) is 5.92 Å². The van der Waals surface area contributed by atoms with Gasteiger partial charge in [0.1, 0.15) is 5.75 Å². The Balaban J connectivity index is 1.90. The molecule has 3 unspecified atom stereocenters. The minimum atomic E-state index is 0.244. The van der Waals surface area contributed by atoms with E-state index in [1.807, 2.05) is 18.2 Å². The summed E-state index contributed by atoms with van der Waals surface area (Å²) in [5, 5.41) is 13.3. The van der Waals surface area contributed by atoms with E-state index in [1.165, 1.54) is 19.3 Å². The van der Waals surface area contributed by atoms with Gasteiger partial charge < -0.3 is 10.4 Å². The fourth-order valence-corrected chi connectivity index (χ4v) is 2.41. The van der Waals surface area contributed by atoms with Crippen LogP contribution >= 0.6 is 0 Å². The molecule has 0 heterocycles. The molecule has 1 fully saturated rings. The van der Waals surface area contributed by atoms with Crippen LogP contribution in [0.1, 0.15) is 44.7 Å². The third-order valence-electron chi connectivity index (χ3n) is 3.45. The Morgan fingerprint density at radius 1 is 1.44 bits per heavy atom. The van der Waals surface area contributed by atoms with Crippen molar-refractivity contribution in [3.8, 4) is 5.75 Å². The highest BCUT2D eigenvalue weighted by Gasteiger charge is 2.36. The number of phenolic OH excluding ortho intramolecular Hbond substituents is 1. The van der Waals surface area contributed by atoms with E-state index in [9.17, 15) is 5.11 Å². The van der Waals surface area contributed by atoms with Crippen LogP contribution in [0.3, 0.4) is 0 Å². The molecule has 0 amide bonds. The van der Waals surface area contributed by atoms with Crippen LogP contribution < -0.4 is 5.32 Å². The predicted molar refractivity (Wildman–Crippen MR) is 66.5 cm³/mol. The van der Waals surface area contributed by atoms with Gasteiger partial charge in [-0.3, -0.25) is 0 Å². The van der Waals surface area contributed by atoms with Gasteiger partial charge >= 0.3 is 0 Å². The lowest BCUT2D eigenvalue weighted by atomic mass is 10.1. The summed E-state index contributed by atoms with van der Waals surface area (Å²) in [6, 6.07) is 8.49. The fourth-order valence-electron chi connectivity index (χ4n) is 2.41. The molecule has 1 saturated carbocycles. The van der Waals surface area contributed by atoms with E-state index in [4.69, 9.17) is 0 Å². The summed E-state index contributed by atoms with van der Waals surface area (Å²) in [6.07, 6.45) is 3.89. The molecule has 0 spiro atoms. The first-order chi connectivity index (χ1) is 7.72. The lowest BCUT2D eigenvalue weighted by Crippen LogP contribution is -2.22. The first-order valence-electron chi connectivity index (χ1n) is 6.26. The van der Waals surface area contributed by atoms with E-state index >= 15 is 0 Å². The Kier molecular flexibility index (Phi) is 3.49. The Bertz CT molecular complexity index is 350. The van der Waals surface area contributed by atoms with Gasteiger partial charge in [-0.15, -0.1) is 0 Å². The average Bonchev–Trinajstić information content (AvgIpc) is 2.97. The zero-order valence-corrected chi connectivity index (χ0v) is 10.1. The van der Waals surface area contributed by atoms with Crippen LogP contribution in [-0.2, 0) is 0 Å². The van der Waals surface area contributed by atoms with Gasteiger partial charge in [0.15, 0.2) is 0 Å². The highest BCUT2D eigenvalue weighted by molar-refractivity contribution is 5.34. The standard InChI is InChI=1S/C14H21NO/c1-3-6-11-9-13(11)15-10(2)12-7-4-5-8-14(12)16/h4-5,7-8,10-11,13,15-16H,3,6,9H2,1-2H3. The molecule has 0 bridgehead atoms. The van der Waals surface area contributed by atoms with Gasteiger partial charge in [-0.1, -0.05) is 31.5 Å². The topological polar surface area (TPSA) is 32.3 Å². The van der Waals surface area contributed by atoms with Gasteiger partial charge in [0.05, 0.1) is 0 Å². The van der Waals surface area contributed by atoms with E-state index < -0.39 is 0 Å². The summed E-state index contributed by atoms with van der Waals surface area (Å²) >= 11 is 0. The minimum Gasteiger partial charge on any atom is -0.508 e. The molecule has 2 heteroatoms. The van der Waals surface area contributed by atoms with Crippen LogP contribution in [-0.4, -0.2) is 11.1 Å². The van der Waals surface area contributed by atoms with Crippen molar-refractivity contribution in [2.24, 2.45) is 5.92 Å². The van der Waals surface area contributed by atoms with E-state index in [2.05, 4.69) is 19.2 Å². The van der Waals surface area contributed by atoms with Gasteiger partial charge in [0, 0.05) is 17.6 Å². The Morgan fingerprint density at radius 3 is 2.88 bits per heavy atom. The lowest BCUT2D eigenvalue weighted by molar-refractivity contribution is 0.448. The number of hydrogen-bond donors (Lipinski definition) is 2. The van der Waals surface area contributed by atoms with E-state index in [1.54, 1.807) is 6.07 Å². The average molecular weight is 219 g/mol. The maximum absolute atomic E-state index is 9.74. The Labute approximate surface area is 97.7 Å². The van der Waals surface area contributed by atoms with Crippen LogP contribution in [0.2, 0.25) is 0 Å². The van der Waals surface area contributed by atoms with E-state index in [-0.39, 0.29) is 6.04 Å². The molecule has 2 nitrogen and oxygen atoms in total. The van der Waals surface area contributed by atoms with Crippen molar-refractivity contribution >= 4 is 0 Å². The van der Waals surface area contributed by atoms with Gasteiger partial charge in [0.25, 0.3) is 0 Å². The van der Waals surface area contributed by atoms with Crippen molar-refractivity contribution < 1.29 is 5.11 Å². The number of para-hydroxylation sites is 1. The molecule has 1 aliphatic carbocycles. The van der Waals surface area contributed by atoms with Crippen LogP contribution in [0.5, 0.6) is 5.75 Å². The largest absolute Gasteiger partial charge is 0.508 e. The van der Waals surface area contributed by atoms with Crippen LogP contribution in [0.15, 0.2) is 24.3 Å². The summed E-state index contributed by atoms with van der Waals surface area (Å²) in [5.74, 6) is 1.26. The monoisotopic (exact) mass is 219 g/mol. The van der Waals surface area contributed by atoms with Gasteiger partial charge in [-0.05, 0) is 31.7 Å². The van der Waals surface area contributed by atoms with Crippen molar-refractivity contribution in [3.05, 3.63) is 29.8 Å². The highest BCUT2D eigenvalue weighted by atomic mass is 16.3. The van der Waals surface area contributed by atoms with E-state index in [0.717, 1.165) is 11.5 Å². The fraction of sp³-hybridized carbons (Fsp3) is 0.571. The van der Waals surface area contributed by atoms with Crippen molar-refractivity contribution in [3.63, 3.8) is 0 Å². The second-order valence-electron chi connectivity index (χ2n) is 4.84. The normalized spacial score (nSPS) is 25.4. The molecule has 3 atom stereocenters. The van der Waals surface area contributed by atoms with E-state index in [0.29, 0.717) is 11.8 Å². The SMILES string of the molecule is CCCC1CC1NC(C)c1ccccc1O. The third-order valence-corrected chi connectivity index (χ3v) is 3.45. The molecule has 0 aliphatic heterocycles. The molecule has 1 aliphatic rings. The smallest absolute Gasteiger partial charge is 0.120 e. The van der Waals surface area contributed by atoms with Gasteiger partial charge in [-0.2, -0.15) is 0 Å². The highest BCUT2D eigenvalue weighted by Crippen LogP contribution is 2.37. The molecule has 2 rings (SSSR count). The number of hydrogen-bond acceptors (Lipinski definition) is 2. The molecular weight excluding hydrogens is 198 g/mol. The molecule has 2 N–H and O–H groups in total. The number of phenols is 1. The first-order valence-corrected chi connectivity index (χ1v) is 6.26. The summed E-state index contributed by atoms with van der Waals surface area (Å²) in [7, 11) is 0. The summed E-state index contributed by atoms with van der Waals surface area (Å²) < 4.78 is 0. The predicted octanol–water partition coefficient (Wildman–Crippen LogP) is 3.23. The molecule has 16 heavy (non-hydrogen) atoms. The number of rotatable bonds is 5. The molecular formula is C14H21NO. The molecule has 1 aromatic carbocycles. The summed E-state index contributed by atoms with van der Waals surface area (Å²) in [6.45, 7) is 4.36. The second kappa shape index (κ2) is 4.88. The third kappa shape index (κ3) is 2.56. The summed E-state index contributed by atoms with van der Waals surface area (Å²) in [5.41, 5.74) is 1.00. The van der Waals surface area contributed by atoms with Gasteiger partial charge in [0.2, 0.25) is 0 Å². The molecule has 0 saturated heterocycles. The van der Waals surface area contributed by atoms with Gasteiger partial charge in [-0.25, -0.2) is 0 Å². The molecule has 0 radical (unpaired) electrons. The van der Waals surface area contributed by atoms with Crippen LogP contribution in [0.25, 0.3) is 0 Å². The zero-order valence-electron chi connectivity index (χ0n) is 10.1. The van der Waals surface area contributed by atoms with Crippen LogP contribution in [0.4, 0.5) is 0 Å². The summed E-state index contributed by atoms with van der Waals surface area (Å²) in [4.78, 5) is 0. The number of aromatic hydroxyl groups is 1. The molecule has 1 aromatic rings. The number of benzene rings is 1. The maximum atomic E-state index is 9.74. The molecule has 0 aromatic heterocycles. The lowest BCUT2D eigenvalue weighted by Gasteiger charge is -2.15. The zero-order chi connectivity index (χ0) is 11.5. The minimum absolute atomic E-state index is 0.244. The Hall–Kier alpha value is -1.02. The quantitative estimate of drug-likeness (QED) is 0.797. The van der Waals surface area contributed by atoms with Crippen molar-refractivity contribution in [2.45, 2.75) is 45.2 Å². The molecule has 88 valence electrons. The van der Waals surface area contributed by atoms with Crippen molar-refractivity contribution in [1.29, 1.82) is 0 Å².